The van der Waals surface area contributed by atoms with E-state index in [4.69, 9.17) is 0 Å². The van der Waals surface area contributed by atoms with Crippen LogP contribution in [0.25, 0.3) is 0 Å². The quantitative estimate of drug-likeness (QED) is 0.556. The molecule has 1 nitrogen and oxygen atoms in total. The number of rotatable bonds is 0. The van der Waals surface area contributed by atoms with Crippen molar-refractivity contribution >= 4 is 0 Å². The molecule has 0 N–H and O–H groups in total. The van der Waals surface area contributed by atoms with E-state index in [0.29, 0.717) is 0 Å². The zero-order valence-electron chi connectivity index (χ0n) is 8.71. The Morgan fingerprint density at radius 1 is 1.08 bits per heavy atom. The van der Waals surface area contributed by atoms with E-state index in [-0.39, 0.29) is 5.41 Å². The number of nitriles is 1. The number of hydrogen-bond donors (Lipinski definition) is 0. The Balaban J connectivity index is 2.20. The van der Waals surface area contributed by atoms with Gasteiger partial charge in [-0.2, -0.15) is 5.26 Å². The molecule has 2 atom stereocenters. The summed E-state index contributed by atoms with van der Waals surface area (Å²) in [6, 6.07) is 2.61. The highest BCUT2D eigenvalue weighted by Gasteiger charge is 2.44. The van der Waals surface area contributed by atoms with Gasteiger partial charge in [0.05, 0.1) is 11.5 Å². The van der Waals surface area contributed by atoms with Crippen LogP contribution in [0.2, 0.25) is 0 Å². The molecule has 2 rings (SSSR count). The lowest BCUT2D eigenvalue weighted by Gasteiger charge is -2.45. The first-order chi connectivity index (χ1) is 6.13. The van der Waals surface area contributed by atoms with Gasteiger partial charge in [-0.3, -0.25) is 0 Å². The van der Waals surface area contributed by atoms with Crippen LogP contribution in [0, 0.1) is 34.5 Å². The largest absolute Gasteiger partial charge is 0.198 e. The monoisotopic (exact) mass is 177 g/mol. The number of hydrogen-bond acceptors (Lipinski definition) is 1. The smallest absolute Gasteiger partial charge is 0.0690 e. The van der Waals surface area contributed by atoms with Crippen molar-refractivity contribution in [2.75, 3.05) is 0 Å². The number of nitrogens with zero attached hydrogens (tertiary/aromatic N) is 1. The van der Waals surface area contributed by atoms with Crippen LogP contribution in [-0.2, 0) is 0 Å². The van der Waals surface area contributed by atoms with Gasteiger partial charge in [-0.15, -0.1) is 0 Å². The summed E-state index contributed by atoms with van der Waals surface area (Å²) in [5.41, 5.74) is 0.0694. The van der Waals surface area contributed by atoms with Crippen molar-refractivity contribution in [3.8, 4) is 6.07 Å². The average Bonchev–Trinajstić information content (AvgIpc) is 2.01. The van der Waals surface area contributed by atoms with Gasteiger partial charge < -0.3 is 0 Å². The van der Waals surface area contributed by atoms with Gasteiger partial charge in [0.15, 0.2) is 0 Å². The molecule has 0 aromatic heterocycles. The molecule has 72 valence electrons. The maximum atomic E-state index is 9.28. The normalized spacial score (nSPS) is 49.8. The van der Waals surface area contributed by atoms with Gasteiger partial charge >= 0.3 is 0 Å². The van der Waals surface area contributed by atoms with Crippen LogP contribution in [0.5, 0.6) is 0 Å². The third-order valence-electron chi connectivity index (χ3n) is 3.87. The van der Waals surface area contributed by atoms with Crippen LogP contribution in [0.1, 0.15) is 46.0 Å². The molecule has 0 aliphatic heterocycles. The van der Waals surface area contributed by atoms with E-state index >= 15 is 0 Å². The molecule has 2 bridgehead atoms. The van der Waals surface area contributed by atoms with E-state index in [9.17, 15) is 5.26 Å². The number of fused-ring (bicyclic) bond motifs is 2. The van der Waals surface area contributed by atoms with Crippen LogP contribution in [0.15, 0.2) is 0 Å². The van der Waals surface area contributed by atoms with Gasteiger partial charge in [0.1, 0.15) is 0 Å². The second kappa shape index (κ2) is 3.01. The fraction of sp³-hybridized carbons (Fsp3) is 0.917. The van der Waals surface area contributed by atoms with Crippen molar-refractivity contribution in [1.29, 1.82) is 5.26 Å². The highest BCUT2D eigenvalue weighted by Crippen LogP contribution is 2.52. The Morgan fingerprint density at radius 3 is 2.08 bits per heavy atom. The summed E-state index contributed by atoms with van der Waals surface area (Å²) in [6.07, 6.45) is 6.24. The summed E-state index contributed by atoms with van der Waals surface area (Å²) < 4.78 is 0. The molecule has 0 aromatic carbocycles. The first-order valence-corrected chi connectivity index (χ1v) is 5.55. The zero-order valence-corrected chi connectivity index (χ0v) is 8.71. The van der Waals surface area contributed by atoms with Crippen LogP contribution in [0.3, 0.4) is 0 Å². The lowest BCUT2D eigenvalue weighted by atomic mass is 9.57. The molecule has 2 aliphatic rings. The molecule has 2 unspecified atom stereocenters. The summed E-state index contributed by atoms with van der Waals surface area (Å²) >= 11 is 0. The Hall–Kier alpha value is -0.510. The van der Waals surface area contributed by atoms with Crippen molar-refractivity contribution in [2.24, 2.45) is 23.2 Å². The second-order valence-electron chi connectivity index (χ2n) is 5.55. The summed E-state index contributed by atoms with van der Waals surface area (Å²) in [7, 11) is 0. The van der Waals surface area contributed by atoms with Gasteiger partial charge in [0.2, 0.25) is 0 Å². The minimum atomic E-state index is 0.0694. The lowest BCUT2D eigenvalue weighted by Crippen LogP contribution is -2.38. The predicted molar refractivity (Wildman–Crippen MR) is 52.9 cm³/mol. The first kappa shape index (κ1) is 9.06. The van der Waals surface area contributed by atoms with Crippen LogP contribution >= 0.6 is 0 Å². The highest BCUT2D eigenvalue weighted by molar-refractivity contribution is 5.06. The minimum absolute atomic E-state index is 0.0694. The Kier molecular flexibility index (Phi) is 2.10. The SMILES string of the molecule is CC1CC2CC(C)CC(C#N)(C1)C2. The summed E-state index contributed by atoms with van der Waals surface area (Å²) in [6.45, 7) is 4.63. The standard InChI is InChI=1S/C12H19N/c1-9-3-11-4-10(2)6-12(5-9,7-11)8-13/h9-11H,3-7H2,1-2H3. The van der Waals surface area contributed by atoms with E-state index in [1.54, 1.807) is 0 Å². The fourth-order valence-corrected chi connectivity index (χ4v) is 3.84. The summed E-state index contributed by atoms with van der Waals surface area (Å²) in [5, 5.41) is 9.28. The van der Waals surface area contributed by atoms with Crippen LogP contribution in [-0.4, -0.2) is 0 Å². The van der Waals surface area contributed by atoms with Gasteiger partial charge in [-0.1, -0.05) is 13.8 Å². The van der Waals surface area contributed by atoms with Gasteiger partial charge in [0.25, 0.3) is 0 Å². The Morgan fingerprint density at radius 2 is 1.62 bits per heavy atom. The van der Waals surface area contributed by atoms with Gasteiger partial charge in [0, 0.05) is 0 Å². The van der Waals surface area contributed by atoms with E-state index in [0.717, 1.165) is 30.6 Å². The topological polar surface area (TPSA) is 23.8 Å². The Labute approximate surface area is 81.1 Å². The molecule has 1 heteroatoms. The molecule has 2 saturated carbocycles. The molecule has 0 saturated heterocycles. The molecule has 2 fully saturated rings. The lowest BCUT2D eigenvalue weighted by molar-refractivity contribution is 0.0613. The third kappa shape index (κ3) is 1.59. The van der Waals surface area contributed by atoms with E-state index in [1.807, 2.05) is 0 Å². The molecular formula is C12H19N. The maximum Gasteiger partial charge on any atom is 0.0690 e. The highest BCUT2D eigenvalue weighted by atomic mass is 14.5. The van der Waals surface area contributed by atoms with E-state index in [2.05, 4.69) is 19.9 Å². The molecule has 0 heterocycles. The molecule has 0 spiro atoms. The third-order valence-corrected chi connectivity index (χ3v) is 3.87. The molecular weight excluding hydrogens is 158 g/mol. The Bertz CT molecular complexity index is 218. The van der Waals surface area contributed by atoms with Crippen molar-refractivity contribution in [2.45, 2.75) is 46.0 Å². The maximum absolute atomic E-state index is 9.28. The van der Waals surface area contributed by atoms with Crippen molar-refractivity contribution in [1.82, 2.24) is 0 Å². The average molecular weight is 177 g/mol. The molecule has 0 radical (unpaired) electrons. The molecule has 13 heavy (non-hydrogen) atoms. The van der Waals surface area contributed by atoms with Gasteiger partial charge in [-0.25, -0.2) is 0 Å². The van der Waals surface area contributed by atoms with Crippen molar-refractivity contribution in [3.63, 3.8) is 0 Å². The van der Waals surface area contributed by atoms with E-state index in [1.165, 1.54) is 19.3 Å². The van der Waals surface area contributed by atoms with Crippen molar-refractivity contribution in [3.05, 3.63) is 0 Å². The van der Waals surface area contributed by atoms with Crippen molar-refractivity contribution < 1.29 is 0 Å². The van der Waals surface area contributed by atoms with Gasteiger partial charge in [-0.05, 0) is 49.9 Å². The minimum Gasteiger partial charge on any atom is -0.198 e. The molecule has 2 aliphatic carbocycles. The summed E-state index contributed by atoms with van der Waals surface area (Å²) in [5.74, 6) is 2.42. The van der Waals surface area contributed by atoms with Crippen LogP contribution < -0.4 is 0 Å². The zero-order chi connectivity index (χ0) is 9.47. The molecule has 0 aromatic rings. The van der Waals surface area contributed by atoms with Crippen LogP contribution in [0.4, 0.5) is 0 Å². The fourth-order valence-electron chi connectivity index (χ4n) is 3.84. The second-order valence-corrected chi connectivity index (χ2v) is 5.55. The first-order valence-electron chi connectivity index (χ1n) is 5.55. The summed E-state index contributed by atoms with van der Waals surface area (Å²) in [4.78, 5) is 0. The predicted octanol–water partition coefficient (Wildman–Crippen LogP) is 3.36. The van der Waals surface area contributed by atoms with E-state index < -0.39 is 0 Å². The molecule has 0 amide bonds.